The Morgan fingerprint density at radius 1 is 1.64 bits per heavy atom. The third-order valence-electron chi connectivity index (χ3n) is 2.47. The highest BCUT2D eigenvalue weighted by atomic mass is 79.9. The third kappa shape index (κ3) is 2.78. The average Bonchev–Trinajstić information content (AvgIpc) is 2.91. The van der Waals surface area contributed by atoms with Gasteiger partial charge in [-0.15, -0.1) is 11.3 Å². The summed E-state index contributed by atoms with van der Waals surface area (Å²) in [7, 11) is 0. The molecule has 0 aromatic carbocycles. The fraction of sp³-hybridized carbons (Fsp3) is 0.700. The minimum absolute atomic E-state index is 0.828. The van der Waals surface area contributed by atoms with Crippen LogP contribution in [0.1, 0.15) is 23.5 Å². The highest BCUT2D eigenvalue weighted by Crippen LogP contribution is 2.28. The molecule has 1 fully saturated rings. The van der Waals surface area contributed by atoms with Crippen molar-refractivity contribution in [3.63, 3.8) is 0 Å². The molecule has 0 saturated heterocycles. The van der Waals surface area contributed by atoms with Crippen LogP contribution in [0.4, 0.5) is 0 Å². The van der Waals surface area contributed by atoms with Gasteiger partial charge in [0.2, 0.25) is 0 Å². The summed E-state index contributed by atoms with van der Waals surface area (Å²) < 4.78 is 0. The first-order chi connectivity index (χ1) is 6.79. The van der Waals surface area contributed by atoms with Crippen molar-refractivity contribution in [3.8, 4) is 0 Å². The van der Waals surface area contributed by atoms with Gasteiger partial charge in [-0.1, -0.05) is 15.9 Å². The normalized spacial score (nSPS) is 16.5. The number of aromatic nitrogens is 1. The molecule has 0 unspecified atom stereocenters. The standard InChI is InChI=1S/C10H15BrN2S/c1-8-12-9(7-14-8)6-13(5-4-11)10-2-3-10/h7,10H,2-6H2,1H3. The molecule has 0 N–H and O–H groups in total. The molecule has 1 aromatic rings. The van der Waals surface area contributed by atoms with Gasteiger partial charge in [0.05, 0.1) is 10.7 Å². The van der Waals surface area contributed by atoms with Crippen molar-refractivity contribution in [3.05, 3.63) is 16.1 Å². The second-order valence-electron chi connectivity index (χ2n) is 3.75. The summed E-state index contributed by atoms with van der Waals surface area (Å²) in [4.78, 5) is 7.04. The molecule has 0 amide bonds. The van der Waals surface area contributed by atoms with E-state index in [9.17, 15) is 0 Å². The lowest BCUT2D eigenvalue weighted by molar-refractivity contribution is 0.269. The maximum atomic E-state index is 4.50. The number of hydrogen-bond acceptors (Lipinski definition) is 3. The first-order valence-corrected chi connectivity index (χ1v) is 7.00. The lowest BCUT2D eigenvalue weighted by Gasteiger charge is -2.19. The topological polar surface area (TPSA) is 16.1 Å². The van der Waals surface area contributed by atoms with Crippen LogP contribution in [-0.2, 0) is 6.54 Å². The van der Waals surface area contributed by atoms with Crippen LogP contribution in [-0.4, -0.2) is 27.8 Å². The molecule has 0 bridgehead atoms. The van der Waals surface area contributed by atoms with Gasteiger partial charge in [0, 0.05) is 29.8 Å². The molecule has 1 heterocycles. The quantitative estimate of drug-likeness (QED) is 0.768. The van der Waals surface area contributed by atoms with Crippen LogP contribution in [0, 0.1) is 6.92 Å². The first kappa shape index (κ1) is 10.6. The zero-order valence-electron chi connectivity index (χ0n) is 8.37. The highest BCUT2D eigenvalue weighted by molar-refractivity contribution is 9.09. The smallest absolute Gasteiger partial charge is 0.0897 e. The van der Waals surface area contributed by atoms with Crippen molar-refractivity contribution < 1.29 is 0 Å². The minimum Gasteiger partial charge on any atom is -0.294 e. The van der Waals surface area contributed by atoms with Crippen molar-refractivity contribution >= 4 is 27.3 Å². The second kappa shape index (κ2) is 4.73. The number of nitrogens with zero attached hydrogens (tertiary/aromatic N) is 2. The molecule has 0 atom stereocenters. The maximum absolute atomic E-state index is 4.50. The van der Waals surface area contributed by atoms with E-state index in [0.29, 0.717) is 0 Å². The molecule has 4 heteroatoms. The number of thiazole rings is 1. The number of hydrogen-bond donors (Lipinski definition) is 0. The Kier molecular flexibility index (Phi) is 3.57. The van der Waals surface area contributed by atoms with Crippen LogP contribution in [0.15, 0.2) is 5.38 Å². The molecule has 1 saturated carbocycles. The summed E-state index contributed by atoms with van der Waals surface area (Å²) in [6.45, 7) is 4.24. The lowest BCUT2D eigenvalue weighted by atomic mass is 10.4. The Bertz CT molecular complexity index is 296. The molecule has 1 aliphatic rings. The Morgan fingerprint density at radius 2 is 2.43 bits per heavy atom. The van der Waals surface area contributed by atoms with Crippen molar-refractivity contribution in [2.24, 2.45) is 0 Å². The zero-order chi connectivity index (χ0) is 9.97. The average molecular weight is 275 g/mol. The monoisotopic (exact) mass is 274 g/mol. The Hall–Kier alpha value is 0.0700. The molecular formula is C10H15BrN2S. The van der Waals surface area contributed by atoms with E-state index in [4.69, 9.17) is 0 Å². The molecule has 14 heavy (non-hydrogen) atoms. The van der Waals surface area contributed by atoms with Gasteiger partial charge in [-0.3, -0.25) is 4.90 Å². The molecule has 78 valence electrons. The number of alkyl halides is 1. The number of aryl methyl sites for hydroxylation is 1. The van der Waals surface area contributed by atoms with Crippen molar-refractivity contribution in [1.82, 2.24) is 9.88 Å². The third-order valence-corrected chi connectivity index (χ3v) is 3.64. The van der Waals surface area contributed by atoms with E-state index in [1.54, 1.807) is 11.3 Å². The van der Waals surface area contributed by atoms with E-state index in [1.165, 1.54) is 23.5 Å². The fourth-order valence-electron chi connectivity index (χ4n) is 1.63. The summed E-state index contributed by atoms with van der Waals surface area (Å²) in [6, 6.07) is 0.828. The fourth-order valence-corrected chi connectivity index (χ4v) is 2.69. The van der Waals surface area contributed by atoms with Crippen molar-refractivity contribution in [2.75, 3.05) is 11.9 Å². The van der Waals surface area contributed by atoms with Gasteiger partial charge < -0.3 is 0 Å². The highest BCUT2D eigenvalue weighted by Gasteiger charge is 2.28. The molecule has 1 aliphatic carbocycles. The van der Waals surface area contributed by atoms with E-state index >= 15 is 0 Å². The maximum Gasteiger partial charge on any atom is 0.0897 e. The zero-order valence-corrected chi connectivity index (χ0v) is 10.8. The molecule has 2 nitrogen and oxygen atoms in total. The number of rotatable bonds is 5. The summed E-state index contributed by atoms with van der Waals surface area (Å²) in [5, 5.41) is 4.42. The van der Waals surface area contributed by atoms with Gasteiger partial charge in [0.1, 0.15) is 0 Å². The molecule has 0 spiro atoms. The molecular weight excluding hydrogens is 260 g/mol. The van der Waals surface area contributed by atoms with E-state index < -0.39 is 0 Å². The van der Waals surface area contributed by atoms with Crippen LogP contribution in [0.25, 0.3) is 0 Å². The Balaban J connectivity index is 1.92. The van der Waals surface area contributed by atoms with Gasteiger partial charge in [-0.2, -0.15) is 0 Å². The van der Waals surface area contributed by atoms with E-state index in [1.807, 2.05) is 0 Å². The van der Waals surface area contributed by atoms with E-state index in [-0.39, 0.29) is 0 Å². The second-order valence-corrected chi connectivity index (χ2v) is 5.60. The Morgan fingerprint density at radius 3 is 2.93 bits per heavy atom. The van der Waals surface area contributed by atoms with Crippen molar-refractivity contribution in [2.45, 2.75) is 32.4 Å². The summed E-state index contributed by atoms with van der Waals surface area (Å²) in [6.07, 6.45) is 2.74. The van der Waals surface area contributed by atoms with Gasteiger partial charge >= 0.3 is 0 Å². The first-order valence-electron chi connectivity index (χ1n) is 5.00. The van der Waals surface area contributed by atoms with Gasteiger partial charge in [0.25, 0.3) is 0 Å². The van der Waals surface area contributed by atoms with Crippen molar-refractivity contribution in [1.29, 1.82) is 0 Å². The van der Waals surface area contributed by atoms with Crippen LogP contribution in [0.5, 0.6) is 0 Å². The minimum atomic E-state index is 0.828. The number of halogens is 1. The summed E-state index contributed by atoms with van der Waals surface area (Å²) >= 11 is 5.25. The largest absolute Gasteiger partial charge is 0.294 e. The van der Waals surface area contributed by atoms with Gasteiger partial charge in [-0.05, 0) is 19.8 Å². The Labute approximate surface area is 97.5 Å². The summed E-state index contributed by atoms with van der Waals surface area (Å²) in [5.41, 5.74) is 1.24. The van der Waals surface area contributed by atoms with Crippen LogP contribution >= 0.6 is 27.3 Å². The van der Waals surface area contributed by atoms with Crippen LogP contribution in [0.2, 0.25) is 0 Å². The van der Waals surface area contributed by atoms with E-state index in [0.717, 1.165) is 24.5 Å². The van der Waals surface area contributed by atoms with Gasteiger partial charge in [-0.25, -0.2) is 4.98 Å². The lowest BCUT2D eigenvalue weighted by Crippen LogP contribution is -2.27. The molecule has 0 radical (unpaired) electrons. The van der Waals surface area contributed by atoms with E-state index in [2.05, 4.69) is 38.1 Å². The predicted molar refractivity (Wildman–Crippen MR) is 64.1 cm³/mol. The molecule has 0 aliphatic heterocycles. The molecule has 2 rings (SSSR count). The van der Waals surface area contributed by atoms with Crippen LogP contribution in [0.3, 0.4) is 0 Å². The van der Waals surface area contributed by atoms with Crippen LogP contribution < -0.4 is 0 Å². The SMILES string of the molecule is Cc1nc(CN(CCBr)C2CC2)cs1. The van der Waals surface area contributed by atoms with Gasteiger partial charge in [0.15, 0.2) is 0 Å². The summed E-state index contributed by atoms with van der Waals surface area (Å²) in [5.74, 6) is 0. The predicted octanol–water partition coefficient (Wildman–Crippen LogP) is 2.81. The molecule has 1 aromatic heterocycles.